The van der Waals surface area contributed by atoms with E-state index in [1.165, 1.54) is 6.21 Å². The molecule has 0 atom stereocenters. The number of amides is 3. The van der Waals surface area contributed by atoms with Crippen LogP contribution in [0.3, 0.4) is 0 Å². The molecule has 0 aliphatic rings. The average molecular weight is 581 g/mol. The molecular formula is C29H29ClN4O7. The molecule has 0 unspecified atom stereocenters. The van der Waals surface area contributed by atoms with E-state index in [1.807, 2.05) is 0 Å². The number of nitrogens with one attached hydrogen (secondary N) is 3. The van der Waals surface area contributed by atoms with Crippen molar-refractivity contribution in [3.8, 4) is 11.5 Å². The molecule has 3 N–H and O–H groups in total. The topological polar surface area (TPSA) is 144 Å². The lowest BCUT2D eigenvalue weighted by Crippen LogP contribution is -2.24. The van der Waals surface area contributed by atoms with Crippen LogP contribution in [0.1, 0.15) is 36.2 Å². The normalized spacial score (nSPS) is 10.5. The molecule has 0 fully saturated rings. The Morgan fingerprint density at radius 1 is 0.829 bits per heavy atom. The lowest BCUT2D eigenvalue weighted by Gasteiger charge is -2.13. The van der Waals surface area contributed by atoms with Crippen molar-refractivity contribution in [1.82, 2.24) is 5.43 Å². The van der Waals surface area contributed by atoms with Crippen LogP contribution in [0.4, 0.5) is 11.4 Å². The summed E-state index contributed by atoms with van der Waals surface area (Å²) in [5.41, 5.74) is 4.15. The van der Waals surface area contributed by atoms with Crippen LogP contribution in [0.15, 0.2) is 71.8 Å². The van der Waals surface area contributed by atoms with Crippen LogP contribution < -0.4 is 25.5 Å². The highest BCUT2D eigenvalue weighted by Crippen LogP contribution is 2.28. The number of carbonyl (C=O) groups is 4. The van der Waals surface area contributed by atoms with Crippen LogP contribution in [-0.4, -0.2) is 49.7 Å². The fourth-order valence-corrected chi connectivity index (χ4v) is 3.54. The van der Waals surface area contributed by atoms with Gasteiger partial charge >= 0.3 is 5.97 Å². The number of para-hydroxylation sites is 1. The maximum Gasteiger partial charge on any atom is 0.338 e. The predicted octanol–water partition coefficient (Wildman–Crippen LogP) is 4.41. The molecule has 0 bridgehead atoms. The highest BCUT2D eigenvalue weighted by atomic mass is 35.5. The van der Waals surface area contributed by atoms with Crippen molar-refractivity contribution < 1.29 is 33.4 Å². The Hall–Kier alpha value is -4.90. The lowest BCUT2D eigenvalue weighted by molar-refractivity contribution is -0.126. The first-order valence-corrected chi connectivity index (χ1v) is 13.0. The van der Waals surface area contributed by atoms with Crippen LogP contribution >= 0.6 is 11.6 Å². The predicted molar refractivity (Wildman–Crippen MR) is 155 cm³/mol. The van der Waals surface area contributed by atoms with E-state index >= 15 is 0 Å². The molecule has 0 aromatic heterocycles. The number of hydrazone groups is 1. The number of hydrogen-bond donors (Lipinski definition) is 3. The van der Waals surface area contributed by atoms with Gasteiger partial charge in [-0.1, -0.05) is 23.7 Å². The van der Waals surface area contributed by atoms with E-state index < -0.39 is 30.1 Å². The van der Waals surface area contributed by atoms with Crippen molar-refractivity contribution in [2.45, 2.75) is 20.3 Å². The van der Waals surface area contributed by atoms with Crippen molar-refractivity contribution >= 4 is 52.9 Å². The van der Waals surface area contributed by atoms with Crippen LogP contribution in [0.2, 0.25) is 5.02 Å². The smallest absolute Gasteiger partial charge is 0.338 e. The molecule has 214 valence electrons. The van der Waals surface area contributed by atoms with E-state index in [0.717, 1.165) is 0 Å². The van der Waals surface area contributed by atoms with Gasteiger partial charge in [0.25, 0.3) is 5.91 Å². The van der Waals surface area contributed by atoms with Crippen molar-refractivity contribution in [3.63, 3.8) is 0 Å². The monoisotopic (exact) mass is 580 g/mol. The molecule has 0 saturated heterocycles. The van der Waals surface area contributed by atoms with Gasteiger partial charge in [0.1, 0.15) is 6.42 Å². The van der Waals surface area contributed by atoms with E-state index in [0.29, 0.717) is 45.6 Å². The van der Waals surface area contributed by atoms with Gasteiger partial charge in [-0.25, -0.2) is 10.2 Å². The minimum absolute atomic E-state index is 0.273. The third-order valence-electron chi connectivity index (χ3n) is 5.18. The van der Waals surface area contributed by atoms with Crippen molar-refractivity contribution in [3.05, 3.63) is 82.9 Å². The van der Waals surface area contributed by atoms with E-state index in [2.05, 4.69) is 21.2 Å². The molecule has 3 rings (SSSR count). The Balaban J connectivity index is 1.50. The molecular weight excluding hydrogens is 552 g/mol. The molecule has 11 nitrogen and oxygen atoms in total. The Kier molecular flexibility index (Phi) is 11.7. The summed E-state index contributed by atoms with van der Waals surface area (Å²) in [5.74, 6) is -1.31. The first kappa shape index (κ1) is 30.6. The number of rotatable bonds is 13. The molecule has 0 spiro atoms. The Bertz CT molecular complexity index is 1410. The largest absolute Gasteiger partial charge is 0.490 e. The van der Waals surface area contributed by atoms with Crippen LogP contribution in [0.25, 0.3) is 0 Å². The number of ether oxygens (including phenoxy) is 3. The quantitative estimate of drug-likeness (QED) is 0.117. The highest BCUT2D eigenvalue weighted by molar-refractivity contribution is 6.33. The zero-order chi connectivity index (χ0) is 29.6. The van der Waals surface area contributed by atoms with Gasteiger partial charge in [0, 0.05) is 5.69 Å². The van der Waals surface area contributed by atoms with Gasteiger partial charge in [-0.05, 0) is 74.0 Å². The van der Waals surface area contributed by atoms with E-state index in [1.54, 1.807) is 80.6 Å². The number of esters is 1. The summed E-state index contributed by atoms with van der Waals surface area (Å²) in [7, 11) is 0. The van der Waals surface area contributed by atoms with Crippen molar-refractivity contribution in [1.29, 1.82) is 0 Å². The highest BCUT2D eigenvalue weighted by Gasteiger charge is 2.12. The summed E-state index contributed by atoms with van der Waals surface area (Å²) >= 11 is 6.00. The Morgan fingerprint density at radius 3 is 2.29 bits per heavy atom. The third-order valence-corrected chi connectivity index (χ3v) is 5.51. The standard InChI is InChI=1S/C29H29ClN4O7/c1-3-39-25-15-19(17-31-34-27(36)16-26(35)33-23-8-6-5-7-22(23)30)9-14-24(25)41-18-28(37)32-21-12-10-20(11-13-21)29(38)40-4-2/h5-15,17H,3-4,16,18H2,1-2H3,(H,32,37)(H,33,35)(H,34,36). The fraction of sp³-hybridized carbons (Fsp3) is 0.207. The Morgan fingerprint density at radius 2 is 1.59 bits per heavy atom. The first-order valence-electron chi connectivity index (χ1n) is 12.6. The molecule has 3 amide bonds. The maximum absolute atomic E-state index is 12.4. The maximum atomic E-state index is 12.4. The van der Waals surface area contributed by atoms with Crippen LogP contribution in [0, 0.1) is 0 Å². The molecule has 0 aliphatic heterocycles. The molecule has 0 aliphatic carbocycles. The Labute approximate surface area is 241 Å². The molecule has 0 saturated carbocycles. The zero-order valence-electron chi connectivity index (χ0n) is 22.4. The SMILES string of the molecule is CCOC(=O)c1ccc(NC(=O)COc2ccc(C=NNC(=O)CC(=O)Nc3ccccc3Cl)cc2OCC)cc1. The zero-order valence-corrected chi connectivity index (χ0v) is 23.2. The number of hydrogen-bond acceptors (Lipinski definition) is 8. The number of carbonyl (C=O) groups excluding carboxylic acids is 4. The second kappa shape index (κ2) is 15.6. The molecule has 0 heterocycles. The summed E-state index contributed by atoms with van der Waals surface area (Å²) in [4.78, 5) is 48.3. The summed E-state index contributed by atoms with van der Waals surface area (Å²) in [6.45, 7) is 3.84. The van der Waals surface area contributed by atoms with Gasteiger partial charge in [0.15, 0.2) is 18.1 Å². The van der Waals surface area contributed by atoms with E-state index in [9.17, 15) is 19.2 Å². The second-order valence-corrected chi connectivity index (χ2v) is 8.68. The van der Waals surface area contributed by atoms with Crippen molar-refractivity contribution in [2.75, 3.05) is 30.5 Å². The molecule has 3 aromatic carbocycles. The van der Waals surface area contributed by atoms with Crippen LogP contribution in [-0.2, 0) is 19.1 Å². The summed E-state index contributed by atoms with van der Waals surface area (Å²) < 4.78 is 16.2. The van der Waals surface area contributed by atoms with E-state index in [-0.39, 0.29) is 13.2 Å². The first-order chi connectivity index (χ1) is 19.8. The number of halogens is 1. The van der Waals surface area contributed by atoms with Crippen molar-refractivity contribution in [2.24, 2.45) is 5.10 Å². The molecule has 41 heavy (non-hydrogen) atoms. The molecule has 0 radical (unpaired) electrons. The minimum Gasteiger partial charge on any atom is -0.490 e. The van der Waals surface area contributed by atoms with Gasteiger partial charge in [-0.3, -0.25) is 14.4 Å². The summed E-state index contributed by atoms with van der Waals surface area (Å²) in [5, 5.41) is 9.49. The van der Waals surface area contributed by atoms with Gasteiger partial charge in [0.05, 0.1) is 35.7 Å². The van der Waals surface area contributed by atoms with Gasteiger partial charge in [0.2, 0.25) is 11.8 Å². The number of nitrogens with zero attached hydrogens (tertiary/aromatic N) is 1. The fourth-order valence-electron chi connectivity index (χ4n) is 3.36. The minimum atomic E-state index is -0.614. The second-order valence-electron chi connectivity index (χ2n) is 8.27. The number of benzene rings is 3. The van der Waals surface area contributed by atoms with Gasteiger partial charge < -0.3 is 24.8 Å². The molecule has 12 heteroatoms. The lowest BCUT2D eigenvalue weighted by atomic mass is 10.2. The van der Waals surface area contributed by atoms with Gasteiger partial charge in [-0.15, -0.1) is 0 Å². The van der Waals surface area contributed by atoms with E-state index in [4.69, 9.17) is 25.8 Å². The van der Waals surface area contributed by atoms with Gasteiger partial charge in [-0.2, -0.15) is 5.10 Å². The van der Waals surface area contributed by atoms with Crippen LogP contribution in [0.5, 0.6) is 11.5 Å². The average Bonchev–Trinajstić information content (AvgIpc) is 2.94. The summed E-state index contributed by atoms with van der Waals surface area (Å²) in [6.07, 6.45) is 0.931. The third kappa shape index (κ3) is 9.97. The number of anilines is 2. The summed E-state index contributed by atoms with van der Waals surface area (Å²) in [6, 6.07) is 17.9. The molecule has 3 aromatic rings.